The Labute approximate surface area is 98.4 Å². The average molecular weight is 221 g/mol. The first-order chi connectivity index (χ1) is 7.65. The highest BCUT2D eigenvalue weighted by molar-refractivity contribution is 5.14. The second-order valence-corrected chi connectivity index (χ2v) is 5.66. The Morgan fingerprint density at radius 3 is 2.81 bits per heavy atom. The van der Waals surface area contributed by atoms with E-state index in [-0.39, 0.29) is 0 Å². The molecule has 2 atom stereocenters. The molecule has 16 heavy (non-hydrogen) atoms. The lowest BCUT2D eigenvalue weighted by atomic mass is 9.65. The van der Waals surface area contributed by atoms with Gasteiger partial charge in [-0.05, 0) is 37.3 Å². The summed E-state index contributed by atoms with van der Waals surface area (Å²) in [6.45, 7) is 4.81. The smallest absolute Gasteiger partial charge is 0.0950 e. The van der Waals surface area contributed by atoms with Gasteiger partial charge in [0.2, 0.25) is 0 Å². The minimum absolute atomic E-state index is 0.434. The van der Waals surface area contributed by atoms with E-state index < -0.39 is 0 Å². The van der Waals surface area contributed by atoms with Crippen LogP contribution >= 0.6 is 0 Å². The minimum Gasteiger partial charge on any atom is -0.472 e. The van der Waals surface area contributed by atoms with Gasteiger partial charge < -0.3 is 9.73 Å². The summed E-state index contributed by atoms with van der Waals surface area (Å²) in [5.41, 5.74) is 1.73. The Hall–Kier alpha value is -0.760. The van der Waals surface area contributed by atoms with Gasteiger partial charge in [-0.2, -0.15) is 0 Å². The number of hydrogen-bond acceptors (Lipinski definition) is 2. The van der Waals surface area contributed by atoms with Gasteiger partial charge in [0.25, 0.3) is 0 Å². The molecule has 1 saturated carbocycles. The van der Waals surface area contributed by atoms with Crippen molar-refractivity contribution in [2.24, 2.45) is 11.3 Å². The molecule has 90 valence electrons. The first kappa shape index (κ1) is 11.7. The molecule has 1 N–H and O–H groups in total. The van der Waals surface area contributed by atoms with Gasteiger partial charge in [0.1, 0.15) is 0 Å². The summed E-state index contributed by atoms with van der Waals surface area (Å²) in [6.07, 6.45) is 9.06. The van der Waals surface area contributed by atoms with Gasteiger partial charge in [-0.25, -0.2) is 0 Å². The fourth-order valence-electron chi connectivity index (χ4n) is 3.19. The van der Waals surface area contributed by atoms with Crippen LogP contribution in [0, 0.1) is 11.3 Å². The molecule has 1 heterocycles. The van der Waals surface area contributed by atoms with Crippen LogP contribution in [0.15, 0.2) is 23.0 Å². The van der Waals surface area contributed by atoms with E-state index in [0.29, 0.717) is 17.4 Å². The van der Waals surface area contributed by atoms with Crippen LogP contribution < -0.4 is 5.32 Å². The molecule has 1 aromatic heterocycles. The molecule has 0 radical (unpaired) electrons. The van der Waals surface area contributed by atoms with E-state index in [4.69, 9.17) is 4.42 Å². The van der Waals surface area contributed by atoms with Crippen LogP contribution in [0.1, 0.15) is 51.1 Å². The summed E-state index contributed by atoms with van der Waals surface area (Å²) in [4.78, 5) is 0. The van der Waals surface area contributed by atoms with Crippen LogP contribution in [0.5, 0.6) is 0 Å². The number of nitrogens with one attached hydrogen (secondary N) is 1. The predicted octanol–water partition coefficient (Wildman–Crippen LogP) is 3.76. The van der Waals surface area contributed by atoms with E-state index in [1.54, 1.807) is 6.26 Å². The van der Waals surface area contributed by atoms with Gasteiger partial charge in [0.15, 0.2) is 0 Å². The SMILES string of the molecule is CNC(c1ccoc1)C1CCCCC1(C)C. The molecule has 1 aliphatic rings. The van der Waals surface area contributed by atoms with Crippen LogP contribution in [0.4, 0.5) is 0 Å². The van der Waals surface area contributed by atoms with E-state index in [1.165, 1.54) is 31.2 Å². The summed E-state index contributed by atoms with van der Waals surface area (Å²) in [5, 5.41) is 3.47. The lowest BCUT2D eigenvalue weighted by molar-refractivity contribution is 0.101. The maximum absolute atomic E-state index is 5.22. The van der Waals surface area contributed by atoms with Crippen molar-refractivity contribution in [3.05, 3.63) is 24.2 Å². The molecule has 0 saturated heterocycles. The summed E-state index contributed by atoms with van der Waals surface area (Å²) < 4.78 is 5.22. The first-order valence-corrected chi connectivity index (χ1v) is 6.34. The number of furan rings is 1. The van der Waals surface area contributed by atoms with Crippen LogP contribution in [-0.4, -0.2) is 7.05 Å². The zero-order valence-corrected chi connectivity index (χ0v) is 10.6. The van der Waals surface area contributed by atoms with Gasteiger partial charge in [0, 0.05) is 11.6 Å². The molecule has 0 bridgehead atoms. The molecule has 1 aliphatic carbocycles. The minimum atomic E-state index is 0.434. The van der Waals surface area contributed by atoms with Crippen molar-refractivity contribution in [1.82, 2.24) is 5.32 Å². The highest BCUT2D eigenvalue weighted by Crippen LogP contribution is 2.46. The standard InChI is InChI=1S/C14H23NO/c1-14(2)8-5-4-6-12(14)13(15-3)11-7-9-16-10-11/h7,9-10,12-13,15H,4-6,8H2,1-3H3. The van der Waals surface area contributed by atoms with E-state index in [1.807, 2.05) is 6.26 Å². The molecular weight excluding hydrogens is 198 g/mol. The monoisotopic (exact) mass is 221 g/mol. The number of rotatable bonds is 3. The lowest BCUT2D eigenvalue weighted by Gasteiger charge is -2.43. The maximum Gasteiger partial charge on any atom is 0.0950 e. The van der Waals surface area contributed by atoms with E-state index >= 15 is 0 Å². The van der Waals surface area contributed by atoms with Gasteiger partial charge in [0.05, 0.1) is 12.5 Å². The van der Waals surface area contributed by atoms with E-state index in [9.17, 15) is 0 Å². The zero-order chi connectivity index (χ0) is 11.6. The van der Waals surface area contributed by atoms with Crippen molar-refractivity contribution in [2.75, 3.05) is 7.05 Å². The lowest BCUT2D eigenvalue weighted by Crippen LogP contribution is -2.37. The topological polar surface area (TPSA) is 25.2 Å². The summed E-state index contributed by atoms with van der Waals surface area (Å²) in [7, 11) is 2.06. The average Bonchev–Trinajstić information content (AvgIpc) is 2.75. The fourth-order valence-corrected chi connectivity index (χ4v) is 3.19. The zero-order valence-electron chi connectivity index (χ0n) is 10.6. The molecule has 2 nitrogen and oxygen atoms in total. The van der Waals surface area contributed by atoms with Crippen molar-refractivity contribution in [3.63, 3.8) is 0 Å². The molecule has 1 fully saturated rings. The Morgan fingerprint density at radius 1 is 1.44 bits per heavy atom. The van der Waals surface area contributed by atoms with Crippen molar-refractivity contribution < 1.29 is 4.42 Å². The molecule has 2 unspecified atom stereocenters. The Morgan fingerprint density at radius 2 is 2.25 bits per heavy atom. The Balaban J connectivity index is 2.20. The maximum atomic E-state index is 5.22. The molecule has 2 rings (SSSR count). The molecule has 0 spiro atoms. The third-order valence-electron chi connectivity index (χ3n) is 4.21. The van der Waals surface area contributed by atoms with Crippen LogP contribution in [0.3, 0.4) is 0 Å². The van der Waals surface area contributed by atoms with Crippen LogP contribution in [-0.2, 0) is 0 Å². The van der Waals surface area contributed by atoms with Crippen LogP contribution in [0.25, 0.3) is 0 Å². The second-order valence-electron chi connectivity index (χ2n) is 5.66. The summed E-state index contributed by atoms with van der Waals surface area (Å²) in [5.74, 6) is 0.712. The van der Waals surface area contributed by atoms with Crippen molar-refractivity contribution in [2.45, 2.75) is 45.6 Å². The largest absolute Gasteiger partial charge is 0.472 e. The summed E-state index contributed by atoms with van der Waals surface area (Å²) in [6, 6.07) is 2.53. The fraction of sp³-hybridized carbons (Fsp3) is 0.714. The summed E-state index contributed by atoms with van der Waals surface area (Å²) >= 11 is 0. The Kier molecular flexibility index (Phi) is 3.38. The van der Waals surface area contributed by atoms with E-state index in [0.717, 1.165) is 0 Å². The van der Waals surface area contributed by atoms with Gasteiger partial charge >= 0.3 is 0 Å². The quantitative estimate of drug-likeness (QED) is 0.840. The second kappa shape index (κ2) is 4.62. The number of hydrogen-bond donors (Lipinski definition) is 1. The molecule has 2 heteroatoms. The predicted molar refractivity (Wildman–Crippen MR) is 66.2 cm³/mol. The molecular formula is C14H23NO. The Bertz CT molecular complexity index is 315. The first-order valence-electron chi connectivity index (χ1n) is 6.34. The van der Waals surface area contributed by atoms with Crippen molar-refractivity contribution in [3.8, 4) is 0 Å². The van der Waals surface area contributed by atoms with Crippen molar-refractivity contribution in [1.29, 1.82) is 0 Å². The molecule has 1 aromatic rings. The third-order valence-corrected chi connectivity index (χ3v) is 4.21. The molecule has 0 aliphatic heterocycles. The highest BCUT2D eigenvalue weighted by Gasteiger charge is 2.37. The van der Waals surface area contributed by atoms with Gasteiger partial charge in [-0.1, -0.05) is 26.7 Å². The van der Waals surface area contributed by atoms with E-state index in [2.05, 4.69) is 32.3 Å². The van der Waals surface area contributed by atoms with Gasteiger partial charge in [-0.3, -0.25) is 0 Å². The van der Waals surface area contributed by atoms with Gasteiger partial charge in [-0.15, -0.1) is 0 Å². The normalized spacial score (nSPS) is 26.6. The van der Waals surface area contributed by atoms with Crippen molar-refractivity contribution >= 4 is 0 Å². The molecule has 0 amide bonds. The highest BCUT2D eigenvalue weighted by atomic mass is 16.3. The molecule has 0 aromatic carbocycles. The third kappa shape index (κ3) is 2.17. The van der Waals surface area contributed by atoms with Crippen LogP contribution in [0.2, 0.25) is 0 Å².